The highest BCUT2D eigenvalue weighted by Gasteiger charge is 2.50. The lowest BCUT2D eigenvalue weighted by molar-refractivity contribution is -0.139. The van der Waals surface area contributed by atoms with Gasteiger partial charge in [-0.15, -0.1) is 5.23 Å². The zero-order valence-corrected chi connectivity index (χ0v) is 13.9. The smallest absolute Gasteiger partial charge is 0.310 e. The molecular formula is C16H23NO5. The highest BCUT2D eigenvalue weighted by molar-refractivity contribution is 5.74. The number of benzene rings is 1. The fourth-order valence-corrected chi connectivity index (χ4v) is 2.00. The van der Waals surface area contributed by atoms with Crippen molar-refractivity contribution in [1.29, 1.82) is 0 Å². The summed E-state index contributed by atoms with van der Waals surface area (Å²) >= 11 is 0. The topological polar surface area (TPSA) is 57.2 Å². The minimum atomic E-state index is -0.477. The third-order valence-electron chi connectivity index (χ3n) is 4.11. The zero-order valence-electron chi connectivity index (χ0n) is 13.9. The maximum absolute atomic E-state index is 11.5. The predicted octanol–water partition coefficient (Wildman–Crippen LogP) is 2.65. The number of nitrogens with zero attached hydrogens (tertiary/aromatic N) is 1. The average Bonchev–Trinajstić information content (AvgIpc) is 2.67. The second-order valence-corrected chi connectivity index (χ2v) is 6.21. The molecule has 0 saturated carbocycles. The van der Waals surface area contributed by atoms with E-state index in [9.17, 15) is 4.79 Å². The molecule has 0 N–H and O–H groups in total. The fourth-order valence-electron chi connectivity index (χ4n) is 2.00. The molecule has 0 radical (unpaired) electrons. The van der Waals surface area contributed by atoms with Gasteiger partial charge in [-0.25, -0.2) is 9.68 Å². The summed E-state index contributed by atoms with van der Waals surface area (Å²) in [7, 11) is 2.92. The van der Waals surface area contributed by atoms with Crippen molar-refractivity contribution in [3.05, 3.63) is 23.8 Å². The Morgan fingerprint density at radius 1 is 1.14 bits per heavy atom. The number of esters is 1. The number of anilines is 1. The Morgan fingerprint density at radius 2 is 1.73 bits per heavy atom. The first kappa shape index (κ1) is 16.6. The van der Waals surface area contributed by atoms with Gasteiger partial charge in [0.25, 0.3) is 0 Å². The second kappa shape index (κ2) is 5.78. The van der Waals surface area contributed by atoms with Gasteiger partial charge in [-0.1, -0.05) is 0 Å². The van der Waals surface area contributed by atoms with Crippen molar-refractivity contribution in [2.45, 2.75) is 45.3 Å². The summed E-state index contributed by atoms with van der Waals surface area (Å²) in [5.41, 5.74) is 0.449. The van der Waals surface area contributed by atoms with Crippen LogP contribution in [-0.2, 0) is 25.6 Å². The monoisotopic (exact) mass is 309 g/mol. The van der Waals surface area contributed by atoms with Crippen LogP contribution in [0.2, 0.25) is 0 Å². The van der Waals surface area contributed by atoms with E-state index in [0.29, 0.717) is 17.0 Å². The minimum Gasteiger partial charge on any atom is -0.496 e. The van der Waals surface area contributed by atoms with Gasteiger partial charge in [0.15, 0.2) is 0 Å². The molecule has 22 heavy (non-hydrogen) atoms. The lowest BCUT2D eigenvalue weighted by Gasteiger charge is -2.26. The number of rotatable bonds is 4. The van der Waals surface area contributed by atoms with Gasteiger partial charge in [0, 0.05) is 5.56 Å². The molecule has 1 aliphatic heterocycles. The van der Waals surface area contributed by atoms with Gasteiger partial charge in [-0.05, 0) is 45.9 Å². The van der Waals surface area contributed by atoms with Gasteiger partial charge in [-0.3, -0.25) is 4.79 Å². The number of methoxy groups -OCH3 is 2. The van der Waals surface area contributed by atoms with Crippen molar-refractivity contribution in [3.8, 4) is 5.75 Å². The van der Waals surface area contributed by atoms with Crippen molar-refractivity contribution in [1.82, 2.24) is 0 Å². The molecule has 0 unspecified atom stereocenters. The molecule has 0 spiro atoms. The number of hydrogen-bond donors (Lipinski definition) is 0. The van der Waals surface area contributed by atoms with E-state index in [2.05, 4.69) is 0 Å². The highest BCUT2D eigenvalue weighted by atomic mass is 17.0. The van der Waals surface area contributed by atoms with Crippen LogP contribution in [0, 0.1) is 0 Å². The summed E-state index contributed by atoms with van der Waals surface area (Å²) in [6, 6.07) is 5.39. The molecule has 1 aromatic carbocycles. The fraction of sp³-hybridized carbons (Fsp3) is 0.562. The van der Waals surface area contributed by atoms with E-state index in [1.165, 1.54) is 12.3 Å². The van der Waals surface area contributed by atoms with Crippen molar-refractivity contribution < 1.29 is 23.9 Å². The van der Waals surface area contributed by atoms with Gasteiger partial charge in [0.05, 0.1) is 26.3 Å². The number of carbonyl (C=O) groups excluding carboxylic acids is 1. The van der Waals surface area contributed by atoms with Crippen LogP contribution in [0.15, 0.2) is 18.2 Å². The maximum Gasteiger partial charge on any atom is 0.310 e. The van der Waals surface area contributed by atoms with Crippen LogP contribution in [0.4, 0.5) is 5.69 Å². The molecule has 2 rings (SSSR count). The number of ether oxygens (including phenoxy) is 2. The Hall–Kier alpha value is -1.79. The SMILES string of the molecule is COC(=O)Cc1cc(N2OC(C)(C)C(C)(C)O2)ccc1OC. The Morgan fingerprint density at radius 3 is 2.23 bits per heavy atom. The standard InChI is InChI=1S/C16H23NO5/c1-15(2)16(3,4)22-17(21-15)12-7-8-13(19-5)11(9-12)10-14(18)20-6/h7-9H,10H2,1-6H3. The van der Waals surface area contributed by atoms with Gasteiger partial charge < -0.3 is 9.47 Å². The third kappa shape index (κ3) is 3.03. The molecule has 0 aromatic heterocycles. The van der Waals surface area contributed by atoms with Crippen LogP contribution in [0.5, 0.6) is 5.75 Å². The molecule has 1 heterocycles. The minimum absolute atomic E-state index is 0.119. The molecule has 122 valence electrons. The molecule has 1 aliphatic rings. The van der Waals surface area contributed by atoms with E-state index in [1.54, 1.807) is 19.2 Å². The largest absolute Gasteiger partial charge is 0.496 e. The second-order valence-electron chi connectivity index (χ2n) is 6.21. The molecule has 0 bridgehead atoms. The average molecular weight is 309 g/mol. The summed E-state index contributed by atoms with van der Waals surface area (Å²) in [5, 5.41) is 1.39. The first-order valence-electron chi connectivity index (χ1n) is 7.12. The van der Waals surface area contributed by atoms with Crippen molar-refractivity contribution >= 4 is 11.7 Å². The van der Waals surface area contributed by atoms with Crippen molar-refractivity contribution in [2.75, 3.05) is 19.4 Å². The molecule has 1 saturated heterocycles. The van der Waals surface area contributed by atoms with Crippen LogP contribution in [-0.4, -0.2) is 31.4 Å². The first-order valence-corrected chi connectivity index (χ1v) is 7.12. The summed E-state index contributed by atoms with van der Waals surface area (Å²) in [6.45, 7) is 7.86. The molecular weight excluding hydrogens is 286 g/mol. The molecule has 0 aliphatic carbocycles. The normalized spacial score (nSPS) is 19.1. The van der Waals surface area contributed by atoms with E-state index in [1.807, 2.05) is 33.8 Å². The summed E-state index contributed by atoms with van der Waals surface area (Å²) in [6.07, 6.45) is 0.119. The van der Waals surface area contributed by atoms with Crippen molar-refractivity contribution in [3.63, 3.8) is 0 Å². The Labute approximate surface area is 130 Å². The Kier molecular flexibility index (Phi) is 4.35. The quantitative estimate of drug-likeness (QED) is 0.797. The molecule has 6 nitrogen and oxygen atoms in total. The number of carbonyl (C=O) groups is 1. The van der Waals surface area contributed by atoms with E-state index < -0.39 is 11.2 Å². The van der Waals surface area contributed by atoms with Gasteiger partial charge in [0.1, 0.15) is 17.0 Å². The summed E-state index contributed by atoms with van der Waals surface area (Å²) in [4.78, 5) is 23.3. The summed E-state index contributed by atoms with van der Waals surface area (Å²) in [5.74, 6) is 0.284. The Balaban J connectivity index is 2.30. The first-order chi connectivity index (χ1) is 10.2. The number of hydrogen-bond acceptors (Lipinski definition) is 6. The van der Waals surface area contributed by atoms with Crippen LogP contribution in [0.3, 0.4) is 0 Å². The lowest BCUT2D eigenvalue weighted by Crippen LogP contribution is -2.41. The van der Waals surface area contributed by atoms with Crippen LogP contribution in [0.25, 0.3) is 0 Å². The highest BCUT2D eigenvalue weighted by Crippen LogP contribution is 2.40. The van der Waals surface area contributed by atoms with Crippen LogP contribution < -0.4 is 9.96 Å². The molecule has 0 atom stereocenters. The lowest BCUT2D eigenvalue weighted by atomic mass is 9.90. The Bertz CT molecular complexity index is 552. The third-order valence-corrected chi connectivity index (χ3v) is 4.11. The van der Waals surface area contributed by atoms with E-state index in [0.717, 1.165) is 0 Å². The molecule has 6 heteroatoms. The predicted molar refractivity (Wildman–Crippen MR) is 81.5 cm³/mol. The van der Waals surface area contributed by atoms with Gasteiger partial charge >= 0.3 is 5.97 Å². The van der Waals surface area contributed by atoms with E-state index in [4.69, 9.17) is 19.1 Å². The summed E-state index contributed by atoms with van der Waals surface area (Å²) < 4.78 is 10.00. The van der Waals surface area contributed by atoms with E-state index in [-0.39, 0.29) is 12.4 Å². The maximum atomic E-state index is 11.5. The van der Waals surface area contributed by atoms with Gasteiger partial charge in [0.2, 0.25) is 0 Å². The van der Waals surface area contributed by atoms with Gasteiger partial charge in [-0.2, -0.15) is 0 Å². The van der Waals surface area contributed by atoms with Crippen molar-refractivity contribution in [2.24, 2.45) is 0 Å². The van der Waals surface area contributed by atoms with E-state index >= 15 is 0 Å². The van der Waals surface area contributed by atoms with Crippen LogP contribution >= 0.6 is 0 Å². The molecule has 1 fully saturated rings. The van der Waals surface area contributed by atoms with Crippen LogP contribution in [0.1, 0.15) is 33.3 Å². The molecule has 1 aromatic rings. The molecule has 0 amide bonds. The zero-order chi connectivity index (χ0) is 16.5.